The van der Waals surface area contributed by atoms with Crippen molar-refractivity contribution in [3.05, 3.63) is 59.1 Å². The molecule has 0 bridgehead atoms. The van der Waals surface area contributed by atoms with E-state index in [-0.39, 0.29) is 5.02 Å². The Bertz CT molecular complexity index is 1140. The molecule has 4 rings (SSSR count). The van der Waals surface area contributed by atoms with Gasteiger partial charge in [-0.1, -0.05) is 17.7 Å². The van der Waals surface area contributed by atoms with Gasteiger partial charge in [0.15, 0.2) is 5.65 Å². The van der Waals surface area contributed by atoms with E-state index in [0.29, 0.717) is 47.0 Å². The second-order valence-electron chi connectivity index (χ2n) is 6.23. The number of fused-ring (bicyclic) bond motifs is 1. The second kappa shape index (κ2) is 7.40. The van der Waals surface area contributed by atoms with E-state index >= 15 is 0 Å². The maximum Gasteiger partial charge on any atom is 0.225 e. The summed E-state index contributed by atoms with van der Waals surface area (Å²) in [6.45, 7) is 0.592. The molecule has 0 amide bonds. The summed E-state index contributed by atoms with van der Waals surface area (Å²) in [6, 6.07) is 10.2. The van der Waals surface area contributed by atoms with Crippen molar-refractivity contribution in [3.8, 4) is 11.3 Å². The lowest BCUT2D eigenvalue weighted by Gasteiger charge is -2.09. The van der Waals surface area contributed by atoms with Gasteiger partial charge < -0.3 is 11.1 Å². The van der Waals surface area contributed by atoms with E-state index in [2.05, 4.69) is 25.4 Å². The van der Waals surface area contributed by atoms with Crippen LogP contribution in [-0.2, 0) is 13.5 Å². The SMILES string of the molecule is Cn1nc2nc(NCCc3ccccn3)nc(-c3ccc(F)c(Cl)c3)c2c1N. The maximum atomic E-state index is 13.6. The third-order valence-electron chi connectivity index (χ3n) is 4.32. The van der Waals surface area contributed by atoms with Gasteiger partial charge in [-0.25, -0.2) is 9.37 Å². The summed E-state index contributed by atoms with van der Waals surface area (Å²) < 4.78 is 15.1. The van der Waals surface area contributed by atoms with Gasteiger partial charge in [0.1, 0.15) is 11.6 Å². The molecule has 0 saturated carbocycles. The number of anilines is 2. The van der Waals surface area contributed by atoms with Gasteiger partial charge in [0, 0.05) is 37.5 Å². The van der Waals surface area contributed by atoms with E-state index in [1.54, 1.807) is 19.3 Å². The second-order valence-corrected chi connectivity index (χ2v) is 6.64. The summed E-state index contributed by atoms with van der Waals surface area (Å²) in [5, 5.41) is 8.15. The Hall–Kier alpha value is -3.26. The molecular formula is C19H17ClFN7. The minimum absolute atomic E-state index is 0.0105. The highest BCUT2D eigenvalue weighted by Crippen LogP contribution is 2.32. The third kappa shape index (κ3) is 3.46. The van der Waals surface area contributed by atoms with Crippen molar-refractivity contribution in [1.82, 2.24) is 24.7 Å². The first-order chi connectivity index (χ1) is 13.5. The lowest BCUT2D eigenvalue weighted by Crippen LogP contribution is -2.09. The van der Waals surface area contributed by atoms with Crippen LogP contribution in [0.1, 0.15) is 5.69 Å². The van der Waals surface area contributed by atoms with Crippen LogP contribution in [0.2, 0.25) is 5.02 Å². The maximum absolute atomic E-state index is 13.6. The molecule has 0 aliphatic rings. The number of halogens is 2. The molecule has 0 saturated heterocycles. The first-order valence-electron chi connectivity index (χ1n) is 8.62. The quantitative estimate of drug-likeness (QED) is 0.535. The highest BCUT2D eigenvalue weighted by molar-refractivity contribution is 6.31. The van der Waals surface area contributed by atoms with Crippen molar-refractivity contribution in [2.45, 2.75) is 6.42 Å². The van der Waals surface area contributed by atoms with Gasteiger partial charge >= 0.3 is 0 Å². The zero-order chi connectivity index (χ0) is 19.7. The average Bonchev–Trinajstić information content (AvgIpc) is 2.98. The van der Waals surface area contributed by atoms with Crippen LogP contribution in [0, 0.1) is 5.82 Å². The molecule has 28 heavy (non-hydrogen) atoms. The van der Waals surface area contributed by atoms with E-state index in [9.17, 15) is 4.39 Å². The Balaban J connectivity index is 1.71. The molecule has 0 fully saturated rings. The fourth-order valence-electron chi connectivity index (χ4n) is 2.89. The molecule has 3 heterocycles. The first-order valence-corrected chi connectivity index (χ1v) is 9.00. The number of nitrogens with zero attached hydrogens (tertiary/aromatic N) is 5. The zero-order valence-corrected chi connectivity index (χ0v) is 15.8. The summed E-state index contributed by atoms with van der Waals surface area (Å²) in [5.74, 6) is 0.325. The molecule has 0 spiro atoms. The van der Waals surface area contributed by atoms with Crippen LogP contribution in [-0.4, -0.2) is 31.3 Å². The van der Waals surface area contributed by atoms with Crippen molar-refractivity contribution in [3.63, 3.8) is 0 Å². The Kier molecular flexibility index (Phi) is 4.79. The van der Waals surface area contributed by atoms with Crippen molar-refractivity contribution < 1.29 is 4.39 Å². The lowest BCUT2D eigenvalue weighted by molar-refractivity contribution is 0.628. The van der Waals surface area contributed by atoms with E-state index in [0.717, 1.165) is 5.69 Å². The van der Waals surface area contributed by atoms with E-state index < -0.39 is 5.82 Å². The minimum atomic E-state index is -0.497. The Morgan fingerprint density at radius 1 is 1.21 bits per heavy atom. The van der Waals surface area contributed by atoms with Crippen LogP contribution in [0.4, 0.5) is 16.2 Å². The normalized spacial score (nSPS) is 11.1. The molecular weight excluding hydrogens is 381 g/mol. The highest BCUT2D eigenvalue weighted by Gasteiger charge is 2.18. The van der Waals surface area contributed by atoms with Crippen molar-refractivity contribution in [2.24, 2.45) is 7.05 Å². The molecule has 0 atom stereocenters. The topological polar surface area (TPSA) is 94.5 Å². The van der Waals surface area contributed by atoms with E-state index in [1.807, 2.05) is 18.2 Å². The molecule has 0 aliphatic heterocycles. The first kappa shape index (κ1) is 18.1. The summed E-state index contributed by atoms with van der Waals surface area (Å²) in [4.78, 5) is 13.3. The molecule has 1 aromatic carbocycles. The molecule has 0 aliphatic carbocycles. The summed E-state index contributed by atoms with van der Waals surface area (Å²) in [7, 11) is 1.73. The van der Waals surface area contributed by atoms with Gasteiger partial charge in [0.2, 0.25) is 5.95 Å². The van der Waals surface area contributed by atoms with Crippen LogP contribution in [0.5, 0.6) is 0 Å². The molecule has 4 aromatic rings. The number of pyridine rings is 1. The van der Waals surface area contributed by atoms with Gasteiger partial charge in [0.25, 0.3) is 0 Å². The van der Waals surface area contributed by atoms with Gasteiger partial charge in [-0.3, -0.25) is 9.67 Å². The molecule has 0 radical (unpaired) electrons. The Labute approximate surface area is 165 Å². The van der Waals surface area contributed by atoms with Gasteiger partial charge in [-0.2, -0.15) is 10.1 Å². The smallest absolute Gasteiger partial charge is 0.225 e. The van der Waals surface area contributed by atoms with Crippen LogP contribution >= 0.6 is 11.6 Å². The average molecular weight is 398 g/mol. The number of aromatic nitrogens is 5. The molecule has 142 valence electrons. The van der Waals surface area contributed by atoms with Crippen LogP contribution in [0.15, 0.2) is 42.6 Å². The number of rotatable bonds is 5. The predicted octanol–water partition coefficient (Wildman–Crippen LogP) is 3.45. The molecule has 7 nitrogen and oxygen atoms in total. The number of benzene rings is 1. The van der Waals surface area contributed by atoms with Crippen LogP contribution in [0.3, 0.4) is 0 Å². The van der Waals surface area contributed by atoms with Crippen molar-refractivity contribution in [2.75, 3.05) is 17.6 Å². The number of hydrogen-bond donors (Lipinski definition) is 2. The largest absolute Gasteiger partial charge is 0.383 e. The van der Waals surface area contributed by atoms with Gasteiger partial charge in [-0.15, -0.1) is 0 Å². The molecule has 3 N–H and O–H groups in total. The highest BCUT2D eigenvalue weighted by atomic mass is 35.5. The zero-order valence-electron chi connectivity index (χ0n) is 15.0. The molecule has 3 aromatic heterocycles. The Morgan fingerprint density at radius 3 is 2.82 bits per heavy atom. The Morgan fingerprint density at radius 2 is 2.07 bits per heavy atom. The molecule has 0 unspecified atom stereocenters. The van der Waals surface area contributed by atoms with E-state index in [4.69, 9.17) is 17.3 Å². The standard InChI is InChI=1S/C19H17ClFN7/c1-28-17(22)15-16(11-5-6-14(21)13(20)10-11)25-19(26-18(15)27-28)24-9-7-12-4-2-3-8-23-12/h2-6,8,10H,7,9,22H2,1H3,(H,24,26,27). The molecule has 9 heteroatoms. The van der Waals surface area contributed by atoms with Crippen molar-refractivity contribution >= 4 is 34.4 Å². The van der Waals surface area contributed by atoms with Gasteiger partial charge in [-0.05, 0) is 30.3 Å². The summed E-state index contributed by atoms with van der Waals surface area (Å²) in [6.07, 6.45) is 2.47. The fourth-order valence-corrected chi connectivity index (χ4v) is 3.08. The van der Waals surface area contributed by atoms with E-state index in [1.165, 1.54) is 16.8 Å². The summed E-state index contributed by atoms with van der Waals surface area (Å²) >= 11 is 5.96. The third-order valence-corrected chi connectivity index (χ3v) is 4.61. The lowest BCUT2D eigenvalue weighted by atomic mass is 10.1. The number of aryl methyl sites for hydroxylation is 1. The van der Waals surface area contributed by atoms with Crippen LogP contribution in [0.25, 0.3) is 22.3 Å². The fraction of sp³-hybridized carbons (Fsp3) is 0.158. The minimum Gasteiger partial charge on any atom is -0.383 e. The monoisotopic (exact) mass is 397 g/mol. The number of nitrogens with one attached hydrogen (secondary N) is 1. The number of nitrogens with two attached hydrogens (primary N) is 1. The van der Waals surface area contributed by atoms with Crippen LogP contribution < -0.4 is 11.1 Å². The van der Waals surface area contributed by atoms with Crippen molar-refractivity contribution in [1.29, 1.82) is 0 Å². The summed E-state index contributed by atoms with van der Waals surface area (Å²) in [5.41, 5.74) is 8.74. The number of nitrogen functional groups attached to an aromatic ring is 1. The van der Waals surface area contributed by atoms with Gasteiger partial charge in [0.05, 0.1) is 16.1 Å². The number of hydrogen-bond acceptors (Lipinski definition) is 6. The predicted molar refractivity (Wildman–Crippen MR) is 108 cm³/mol.